The Labute approximate surface area is 138 Å². The standard InChI is InChI=1S/C19H26N2O2/c1-15-9-12-20(13-10-15)19(23)17-8-5-11-21(17)18(22)14-16-6-3-2-4-7-16/h2-4,6-7,15,17H,5,8-14H2,1H3/t17-/m0/s1. The number of likely N-dealkylation sites (tertiary alicyclic amines) is 2. The number of piperidine rings is 1. The van der Waals surface area contributed by atoms with Crippen molar-refractivity contribution in [3.63, 3.8) is 0 Å². The van der Waals surface area contributed by atoms with Crippen molar-refractivity contribution in [3.05, 3.63) is 35.9 Å². The summed E-state index contributed by atoms with van der Waals surface area (Å²) in [4.78, 5) is 29.2. The Balaban J connectivity index is 1.63. The first-order chi connectivity index (χ1) is 11.1. The molecule has 4 nitrogen and oxygen atoms in total. The monoisotopic (exact) mass is 314 g/mol. The lowest BCUT2D eigenvalue weighted by molar-refractivity contribution is -0.144. The van der Waals surface area contributed by atoms with Gasteiger partial charge in [-0.15, -0.1) is 0 Å². The van der Waals surface area contributed by atoms with Crippen LogP contribution in [0.4, 0.5) is 0 Å². The van der Waals surface area contributed by atoms with Crippen LogP contribution in [0.1, 0.15) is 38.2 Å². The van der Waals surface area contributed by atoms with E-state index in [0.29, 0.717) is 18.9 Å². The highest BCUT2D eigenvalue weighted by atomic mass is 16.2. The summed E-state index contributed by atoms with van der Waals surface area (Å²) in [6.45, 7) is 4.65. The second-order valence-electron chi connectivity index (χ2n) is 6.92. The molecule has 2 saturated heterocycles. The van der Waals surface area contributed by atoms with E-state index in [1.54, 1.807) is 0 Å². The lowest BCUT2D eigenvalue weighted by Crippen LogP contribution is -2.50. The largest absolute Gasteiger partial charge is 0.341 e. The second kappa shape index (κ2) is 7.16. The number of carbonyl (C=O) groups is 2. The van der Waals surface area contributed by atoms with Crippen LogP contribution >= 0.6 is 0 Å². The maximum Gasteiger partial charge on any atom is 0.245 e. The first kappa shape index (κ1) is 16.0. The Morgan fingerprint density at radius 1 is 1.04 bits per heavy atom. The molecule has 124 valence electrons. The molecule has 0 spiro atoms. The van der Waals surface area contributed by atoms with Gasteiger partial charge in [0.25, 0.3) is 0 Å². The van der Waals surface area contributed by atoms with Gasteiger partial charge in [0, 0.05) is 19.6 Å². The molecule has 2 amide bonds. The van der Waals surface area contributed by atoms with Gasteiger partial charge in [-0.1, -0.05) is 37.3 Å². The molecule has 0 unspecified atom stereocenters. The smallest absolute Gasteiger partial charge is 0.245 e. The summed E-state index contributed by atoms with van der Waals surface area (Å²) in [5.74, 6) is 0.951. The number of hydrogen-bond donors (Lipinski definition) is 0. The highest BCUT2D eigenvalue weighted by Gasteiger charge is 2.36. The Morgan fingerprint density at radius 3 is 2.43 bits per heavy atom. The van der Waals surface area contributed by atoms with Crippen molar-refractivity contribution in [2.75, 3.05) is 19.6 Å². The van der Waals surface area contributed by atoms with Crippen molar-refractivity contribution in [1.29, 1.82) is 0 Å². The van der Waals surface area contributed by atoms with E-state index in [1.165, 1.54) is 0 Å². The molecule has 2 heterocycles. The fourth-order valence-corrected chi connectivity index (χ4v) is 3.63. The maximum absolute atomic E-state index is 12.8. The second-order valence-corrected chi connectivity index (χ2v) is 6.92. The van der Waals surface area contributed by atoms with Gasteiger partial charge in [0.15, 0.2) is 0 Å². The van der Waals surface area contributed by atoms with Gasteiger partial charge >= 0.3 is 0 Å². The minimum atomic E-state index is -0.236. The molecule has 0 saturated carbocycles. The lowest BCUT2D eigenvalue weighted by atomic mass is 9.98. The quantitative estimate of drug-likeness (QED) is 0.860. The van der Waals surface area contributed by atoms with Crippen LogP contribution in [0.5, 0.6) is 0 Å². The maximum atomic E-state index is 12.8. The van der Waals surface area contributed by atoms with Gasteiger partial charge in [-0.05, 0) is 37.2 Å². The number of hydrogen-bond acceptors (Lipinski definition) is 2. The number of nitrogens with zero attached hydrogens (tertiary/aromatic N) is 2. The van der Waals surface area contributed by atoms with Crippen molar-refractivity contribution in [1.82, 2.24) is 9.80 Å². The average molecular weight is 314 g/mol. The Hall–Kier alpha value is -1.84. The predicted molar refractivity (Wildman–Crippen MR) is 89.9 cm³/mol. The van der Waals surface area contributed by atoms with E-state index in [1.807, 2.05) is 40.1 Å². The molecule has 2 aliphatic heterocycles. The van der Waals surface area contributed by atoms with Crippen LogP contribution in [-0.2, 0) is 16.0 Å². The Morgan fingerprint density at radius 2 is 1.74 bits per heavy atom. The number of rotatable bonds is 3. The molecule has 1 aromatic carbocycles. The minimum Gasteiger partial charge on any atom is -0.341 e. The van der Waals surface area contributed by atoms with Gasteiger partial charge in [-0.25, -0.2) is 0 Å². The number of amides is 2. The van der Waals surface area contributed by atoms with E-state index in [4.69, 9.17) is 0 Å². The van der Waals surface area contributed by atoms with Crippen LogP contribution in [0.3, 0.4) is 0 Å². The molecule has 4 heteroatoms. The number of benzene rings is 1. The Kier molecular flexibility index (Phi) is 4.99. The van der Waals surface area contributed by atoms with Crippen LogP contribution < -0.4 is 0 Å². The third-order valence-electron chi connectivity index (χ3n) is 5.15. The van der Waals surface area contributed by atoms with Gasteiger partial charge in [-0.3, -0.25) is 9.59 Å². The normalized spacial score (nSPS) is 22.4. The van der Waals surface area contributed by atoms with Crippen molar-refractivity contribution in [2.24, 2.45) is 5.92 Å². The van der Waals surface area contributed by atoms with Gasteiger partial charge in [0.05, 0.1) is 6.42 Å². The van der Waals surface area contributed by atoms with Crippen LogP contribution in [0.15, 0.2) is 30.3 Å². The number of carbonyl (C=O) groups excluding carboxylic acids is 2. The van der Waals surface area contributed by atoms with E-state index in [9.17, 15) is 9.59 Å². The molecule has 0 N–H and O–H groups in total. The SMILES string of the molecule is CC1CCN(C(=O)[C@@H]2CCCN2C(=O)Cc2ccccc2)CC1. The molecule has 0 aromatic heterocycles. The fraction of sp³-hybridized carbons (Fsp3) is 0.579. The van der Waals surface area contributed by atoms with Crippen molar-refractivity contribution in [2.45, 2.75) is 45.1 Å². The van der Waals surface area contributed by atoms with E-state index in [0.717, 1.165) is 44.3 Å². The summed E-state index contributed by atoms with van der Waals surface area (Å²) in [6, 6.07) is 9.55. The van der Waals surface area contributed by atoms with Crippen LogP contribution in [0.2, 0.25) is 0 Å². The molecule has 0 bridgehead atoms. The molecule has 3 rings (SSSR count). The summed E-state index contributed by atoms with van der Waals surface area (Å²) in [5.41, 5.74) is 1.02. The molecule has 1 aromatic rings. The van der Waals surface area contributed by atoms with E-state index < -0.39 is 0 Å². The van der Waals surface area contributed by atoms with Gasteiger partial charge < -0.3 is 9.80 Å². The van der Waals surface area contributed by atoms with E-state index in [-0.39, 0.29) is 17.9 Å². The first-order valence-electron chi connectivity index (χ1n) is 8.77. The zero-order valence-electron chi connectivity index (χ0n) is 13.9. The summed E-state index contributed by atoms with van der Waals surface area (Å²) >= 11 is 0. The van der Waals surface area contributed by atoms with Gasteiger partial charge in [0.2, 0.25) is 11.8 Å². The molecule has 2 aliphatic rings. The van der Waals surface area contributed by atoms with Crippen LogP contribution in [0.25, 0.3) is 0 Å². The third kappa shape index (κ3) is 3.74. The van der Waals surface area contributed by atoms with E-state index >= 15 is 0 Å². The molecule has 23 heavy (non-hydrogen) atoms. The average Bonchev–Trinajstić information content (AvgIpc) is 3.05. The van der Waals surface area contributed by atoms with Crippen molar-refractivity contribution >= 4 is 11.8 Å². The molecule has 1 atom stereocenters. The highest BCUT2D eigenvalue weighted by Crippen LogP contribution is 2.23. The Bertz CT molecular complexity index is 550. The minimum absolute atomic E-state index is 0.0810. The summed E-state index contributed by atoms with van der Waals surface area (Å²) in [5, 5.41) is 0. The molecular weight excluding hydrogens is 288 g/mol. The van der Waals surface area contributed by atoms with Crippen LogP contribution in [-0.4, -0.2) is 47.3 Å². The highest BCUT2D eigenvalue weighted by molar-refractivity contribution is 5.89. The van der Waals surface area contributed by atoms with Gasteiger partial charge in [-0.2, -0.15) is 0 Å². The summed E-state index contributed by atoms with van der Waals surface area (Å²) < 4.78 is 0. The van der Waals surface area contributed by atoms with Crippen molar-refractivity contribution < 1.29 is 9.59 Å². The predicted octanol–water partition coefficient (Wildman–Crippen LogP) is 2.48. The zero-order valence-corrected chi connectivity index (χ0v) is 13.9. The summed E-state index contributed by atoms with van der Waals surface area (Å²) in [6.07, 6.45) is 4.29. The topological polar surface area (TPSA) is 40.6 Å². The van der Waals surface area contributed by atoms with E-state index in [2.05, 4.69) is 6.92 Å². The molecule has 0 radical (unpaired) electrons. The zero-order chi connectivity index (χ0) is 16.2. The molecule has 0 aliphatic carbocycles. The fourth-order valence-electron chi connectivity index (χ4n) is 3.63. The van der Waals surface area contributed by atoms with Gasteiger partial charge in [0.1, 0.15) is 6.04 Å². The molecular formula is C19H26N2O2. The van der Waals surface area contributed by atoms with Crippen molar-refractivity contribution in [3.8, 4) is 0 Å². The first-order valence-corrected chi connectivity index (χ1v) is 8.77. The lowest BCUT2D eigenvalue weighted by Gasteiger charge is -2.34. The van der Waals surface area contributed by atoms with Crippen LogP contribution in [0, 0.1) is 5.92 Å². The molecule has 2 fully saturated rings. The summed E-state index contributed by atoms with van der Waals surface area (Å²) in [7, 11) is 0. The third-order valence-corrected chi connectivity index (χ3v) is 5.15.